The second-order valence-electron chi connectivity index (χ2n) is 5.29. The number of hydrogen-bond acceptors (Lipinski definition) is 8. The summed E-state index contributed by atoms with van der Waals surface area (Å²) in [7, 11) is -8.54. The van der Waals surface area contributed by atoms with Gasteiger partial charge in [-0.1, -0.05) is 0 Å². The highest BCUT2D eigenvalue weighted by Gasteiger charge is 2.41. The zero-order valence-electron chi connectivity index (χ0n) is 11.6. The SMILES string of the molecule is O=P1(O)OCC2OCCC2OP(=O)(O)OCC2CC(CO2)O1. The molecule has 12 heteroatoms. The summed E-state index contributed by atoms with van der Waals surface area (Å²) >= 11 is 0. The van der Waals surface area contributed by atoms with Crippen LogP contribution in [0.1, 0.15) is 12.8 Å². The number of fused-ring (bicyclic) bond motifs is 3. The lowest BCUT2D eigenvalue weighted by molar-refractivity contribution is -0.0143. The third-order valence-corrected chi connectivity index (χ3v) is 5.62. The standard InChI is InChI=1S/C10H18O10P2/c11-21(12)18-6-10-9(1-2-15-10)20-22(13,14)17-5-7-3-8(19-21)4-16-7/h7-10H,1-6H2,(H,11,12)(H,13,14). The lowest BCUT2D eigenvalue weighted by atomic mass is 10.2. The molecule has 2 bridgehead atoms. The molecule has 3 aliphatic heterocycles. The van der Waals surface area contributed by atoms with Gasteiger partial charge in [-0.3, -0.25) is 18.1 Å². The number of phosphoric acid groups is 2. The second-order valence-corrected chi connectivity index (χ2v) is 8.10. The van der Waals surface area contributed by atoms with Crippen molar-refractivity contribution in [3.8, 4) is 0 Å². The van der Waals surface area contributed by atoms with E-state index < -0.39 is 40.1 Å². The molecule has 0 aromatic heterocycles. The van der Waals surface area contributed by atoms with Crippen molar-refractivity contribution in [2.24, 2.45) is 0 Å². The van der Waals surface area contributed by atoms with Crippen LogP contribution in [-0.4, -0.2) is 60.6 Å². The van der Waals surface area contributed by atoms with Crippen LogP contribution in [0.3, 0.4) is 0 Å². The van der Waals surface area contributed by atoms with Gasteiger partial charge in [0.2, 0.25) is 0 Å². The van der Waals surface area contributed by atoms with Crippen LogP contribution in [-0.2, 0) is 36.7 Å². The zero-order valence-corrected chi connectivity index (χ0v) is 13.4. The fourth-order valence-electron chi connectivity index (χ4n) is 2.53. The van der Waals surface area contributed by atoms with Gasteiger partial charge >= 0.3 is 15.6 Å². The topological polar surface area (TPSA) is 130 Å². The number of rotatable bonds is 0. The summed E-state index contributed by atoms with van der Waals surface area (Å²) in [6.45, 7) is -0.122. The van der Waals surface area contributed by atoms with Crippen LogP contribution in [0.4, 0.5) is 0 Å². The van der Waals surface area contributed by atoms with Crippen molar-refractivity contribution in [3.05, 3.63) is 0 Å². The maximum atomic E-state index is 11.9. The van der Waals surface area contributed by atoms with Crippen molar-refractivity contribution < 1.29 is 46.5 Å². The molecule has 0 saturated carbocycles. The Morgan fingerprint density at radius 3 is 2.36 bits per heavy atom. The maximum absolute atomic E-state index is 11.9. The van der Waals surface area contributed by atoms with Gasteiger partial charge in [0, 0.05) is 19.4 Å². The molecule has 2 N–H and O–H groups in total. The summed E-state index contributed by atoms with van der Waals surface area (Å²) < 4.78 is 54.3. The number of phosphoric ester groups is 2. The minimum Gasteiger partial charge on any atom is -0.373 e. The van der Waals surface area contributed by atoms with Crippen LogP contribution in [0.25, 0.3) is 0 Å². The second kappa shape index (κ2) is 6.57. The highest BCUT2D eigenvalue weighted by atomic mass is 31.2. The Balaban J connectivity index is 1.75. The van der Waals surface area contributed by atoms with E-state index in [1.165, 1.54) is 0 Å². The van der Waals surface area contributed by atoms with E-state index >= 15 is 0 Å². The molecular weight excluding hydrogens is 342 g/mol. The maximum Gasteiger partial charge on any atom is 0.472 e. The van der Waals surface area contributed by atoms with Gasteiger partial charge in [0.1, 0.15) is 12.2 Å². The molecule has 0 amide bonds. The minimum atomic E-state index is -4.27. The lowest BCUT2D eigenvalue weighted by Gasteiger charge is -2.22. The van der Waals surface area contributed by atoms with E-state index in [0.29, 0.717) is 6.42 Å². The molecule has 128 valence electrons. The van der Waals surface area contributed by atoms with Gasteiger partial charge < -0.3 is 19.3 Å². The van der Waals surface area contributed by atoms with Gasteiger partial charge in [-0.05, 0) is 0 Å². The smallest absolute Gasteiger partial charge is 0.373 e. The first-order valence-electron chi connectivity index (χ1n) is 6.88. The molecule has 0 aliphatic carbocycles. The molecule has 3 aliphatic rings. The highest BCUT2D eigenvalue weighted by molar-refractivity contribution is 7.47. The molecule has 6 atom stereocenters. The predicted molar refractivity (Wildman–Crippen MR) is 70.0 cm³/mol. The van der Waals surface area contributed by atoms with Gasteiger partial charge in [0.05, 0.1) is 32.0 Å². The summed E-state index contributed by atoms with van der Waals surface area (Å²) in [6.07, 6.45) is -2.09. The fourth-order valence-corrected chi connectivity index (χ4v) is 4.45. The van der Waals surface area contributed by atoms with Gasteiger partial charge in [-0.15, -0.1) is 0 Å². The molecule has 0 aromatic carbocycles. The Labute approximate surface area is 126 Å². The molecule has 3 saturated heterocycles. The third kappa shape index (κ3) is 4.36. The van der Waals surface area contributed by atoms with Crippen LogP contribution >= 0.6 is 15.6 Å². The van der Waals surface area contributed by atoms with Crippen LogP contribution in [0.2, 0.25) is 0 Å². The van der Waals surface area contributed by atoms with Crippen molar-refractivity contribution in [2.45, 2.75) is 37.3 Å². The Morgan fingerprint density at radius 1 is 0.818 bits per heavy atom. The minimum absolute atomic E-state index is 0.0705. The fraction of sp³-hybridized carbons (Fsp3) is 1.00. The largest absolute Gasteiger partial charge is 0.472 e. The molecule has 0 radical (unpaired) electrons. The number of ether oxygens (including phenoxy) is 2. The van der Waals surface area contributed by atoms with Crippen molar-refractivity contribution >= 4 is 15.6 Å². The van der Waals surface area contributed by atoms with Crippen molar-refractivity contribution in [1.29, 1.82) is 0 Å². The van der Waals surface area contributed by atoms with Gasteiger partial charge in [0.15, 0.2) is 0 Å². The normalized spacial score (nSPS) is 50.6. The van der Waals surface area contributed by atoms with Gasteiger partial charge in [0.25, 0.3) is 0 Å². The molecule has 10 nitrogen and oxygen atoms in total. The monoisotopic (exact) mass is 360 g/mol. The van der Waals surface area contributed by atoms with E-state index in [0.717, 1.165) is 0 Å². The van der Waals surface area contributed by atoms with E-state index in [9.17, 15) is 18.9 Å². The molecule has 3 fully saturated rings. The quantitative estimate of drug-likeness (QED) is 0.592. The van der Waals surface area contributed by atoms with E-state index in [2.05, 4.69) is 0 Å². The Hall–Kier alpha value is 0.140. The first-order chi connectivity index (χ1) is 10.3. The molecule has 22 heavy (non-hydrogen) atoms. The van der Waals surface area contributed by atoms with E-state index in [1.807, 2.05) is 0 Å². The summed E-state index contributed by atoms with van der Waals surface area (Å²) in [6, 6.07) is 0. The number of hydrogen-bond donors (Lipinski definition) is 2. The Bertz CT molecular complexity index is 498. The van der Waals surface area contributed by atoms with Crippen LogP contribution in [0, 0.1) is 0 Å². The zero-order chi connectivity index (χ0) is 15.8. The summed E-state index contributed by atoms with van der Waals surface area (Å²) in [5, 5.41) is 0. The van der Waals surface area contributed by atoms with Crippen LogP contribution in [0.15, 0.2) is 0 Å². The summed E-state index contributed by atoms with van der Waals surface area (Å²) in [5.74, 6) is 0. The van der Waals surface area contributed by atoms with Crippen molar-refractivity contribution in [1.82, 2.24) is 0 Å². The molecule has 6 unspecified atom stereocenters. The van der Waals surface area contributed by atoms with E-state index in [-0.39, 0.29) is 32.8 Å². The molecule has 3 rings (SSSR count). The lowest BCUT2D eigenvalue weighted by Crippen LogP contribution is -2.28. The summed E-state index contributed by atoms with van der Waals surface area (Å²) in [4.78, 5) is 19.4. The van der Waals surface area contributed by atoms with Gasteiger partial charge in [-0.25, -0.2) is 9.13 Å². The predicted octanol–water partition coefficient (Wildman–Crippen LogP) is 0.582. The van der Waals surface area contributed by atoms with Crippen LogP contribution in [0.5, 0.6) is 0 Å². The van der Waals surface area contributed by atoms with E-state index in [1.54, 1.807) is 0 Å². The average Bonchev–Trinajstić information content (AvgIpc) is 3.02. The highest BCUT2D eigenvalue weighted by Crippen LogP contribution is 2.50. The Kier molecular flexibility index (Phi) is 5.07. The van der Waals surface area contributed by atoms with E-state index in [4.69, 9.17) is 27.6 Å². The average molecular weight is 360 g/mol. The third-order valence-electron chi connectivity index (χ3n) is 3.57. The van der Waals surface area contributed by atoms with Crippen molar-refractivity contribution in [2.75, 3.05) is 26.4 Å². The molecular formula is C10H18O10P2. The van der Waals surface area contributed by atoms with Crippen molar-refractivity contribution in [3.63, 3.8) is 0 Å². The molecule has 0 aromatic rings. The first-order valence-corrected chi connectivity index (χ1v) is 9.87. The van der Waals surface area contributed by atoms with Gasteiger partial charge in [-0.2, -0.15) is 0 Å². The molecule has 3 heterocycles. The Morgan fingerprint density at radius 2 is 1.55 bits per heavy atom. The molecule has 0 spiro atoms. The first kappa shape index (κ1) is 17.0. The van der Waals surface area contributed by atoms with Crippen LogP contribution < -0.4 is 0 Å². The summed E-state index contributed by atoms with van der Waals surface area (Å²) in [5.41, 5.74) is 0.